The Morgan fingerprint density at radius 2 is 2.06 bits per heavy atom. The molecule has 0 aliphatic heterocycles. The molecule has 0 bridgehead atoms. The molecule has 1 aromatic carbocycles. The first-order chi connectivity index (χ1) is 8.65. The third-order valence-electron chi connectivity index (χ3n) is 2.50. The van der Waals surface area contributed by atoms with E-state index < -0.39 is 4.92 Å². The normalized spacial score (nSPS) is 10.0. The van der Waals surface area contributed by atoms with Crippen LogP contribution in [-0.2, 0) is 5.33 Å². The number of alkyl halides is 1. The molecular weight excluding hydrogens is 298 g/mol. The van der Waals surface area contributed by atoms with Gasteiger partial charge >= 0.3 is 0 Å². The number of aromatic nitrogens is 1. The molecule has 0 aliphatic carbocycles. The molecule has 0 amide bonds. The van der Waals surface area contributed by atoms with Crippen LogP contribution in [0.25, 0.3) is 5.69 Å². The Bertz CT molecular complexity index is 626. The van der Waals surface area contributed by atoms with Crippen molar-refractivity contribution >= 4 is 21.6 Å². The molecule has 2 aromatic rings. The van der Waals surface area contributed by atoms with E-state index in [1.165, 1.54) is 16.8 Å². The largest absolute Gasteiger partial charge is 0.301 e. The van der Waals surface area contributed by atoms with E-state index in [2.05, 4.69) is 15.9 Å². The summed E-state index contributed by atoms with van der Waals surface area (Å²) in [4.78, 5) is 10.2. The number of nitrogens with zero attached hydrogens (tertiary/aromatic N) is 3. The van der Waals surface area contributed by atoms with Crippen molar-refractivity contribution in [1.82, 2.24) is 4.57 Å². The highest BCUT2D eigenvalue weighted by Gasteiger charge is 2.14. The lowest BCUT2D eigenvalue weighted by Crippen LogP contribution is -1.95. The summed E-state index contributed by atoms with van der Waals surface area (Å²) in [6.07, 6.45) is 1.35. The molecule has 0 fully saturated rings. The van der Waals surface area contributed by atoms with E-state index in [9.17, 15) is 10.1 Å². The van der Waals surface area contributed by atoms with E-state index in [0.29, 0.717) is 0 Å². The smallest absolute Gasteiger partial charge is 0.288 e. The molecule has 0 spiro atoms. The first kappa shape index (κ1) is 12.3. The molecule has 0 aliphatic rings. The SMILES string of the molecule is N#Cc1cc([N+](=O)[O-])cn1-c1ccc(CBr)cc1. The summed E-state index contributed by atoms with van der Waals surface area (Å²) in [7, 11) is 0. The second-order valence-electron chi connectivity index (χ2n) is 3.62. The Balaban J connectivity index is 2.49. The summed E-state index contributed by atoms with van der Waals surface area (Å²) < 4.78 is 1.51. The lowest BCUT2D eigenvalue weighted by Gasteiger charge is -2.04. The maximum absolute atomic E-state index is 10.7. The van der Waals surface area contributed by atoms with Gasteiger partial charge in [0.15, 0.2) is 0 Å². The molecule has 5 nitrogen and oxygen atoms in total. The molecule has 90 valence electrons. The summed E-state index contributed by atoms with van der Waals surface area (Å²) in [6, 6.07) is 10.7. The Morgan fingerprint density at radius 1 is 1.39 bits per heavy atom. The zero-order valence-corrected chi connectivity index (χ0v) is 10.8. The number of nitro groups is 1. The van der Waals surface area contributed by atoms with Crippen LogP contribution in [0.4, 0.5) is 5.69 Å². The predicted octanol–water partition coefficient (Wildman–Crippen LogP) is 3.15. The van der Waals surface area contributed by atoms with Crippen LogP contribution in [0.2, 0.25) is 0 Å². The van der Waals surface area contributed by atoms with E-state index in [1.54, 1.807) is 0 Å². The fourth-order valence-electron chi connectivity index (χ4n) is 1.59. The van der Waals surface area contributed by atoms with Gasteiger partial charge in [-0.05, 0) is 17.7 Å². The molecule has 1 heterocycles. The first-order valence-electron chi connectivity index (χ1n) is 5.08. The van der Waals surface area contributed by atoms with Crippen molar-refractivity contribution in [2.24, 2.45) is 0 Å². The summed E-state index contributed by atoms with van der Waals surface area (Å²) in [5, 5.41) is 20.4. The van der Waals surface area contributed by atoms with Crippen molar-refractivity contribution in [3.63, 3.8) is 0 Å². The van der Waals surface area contributed by atoms with E-state index in [1.807, 2.05) is 30.3 Å². The zero-order chi connectivity index (χ0) is 13.1. The second kappa shape index (κ2) is 5.02. The number of benzene rings is 1. The zero-order valence-electron chi connectivity index (χ0n) is 9.21. The third kappa shape index (κ3) is 2.26. The van der Waals surface area contributed by atoms with Gasteiger partial charge in [0, 0.05) is 11.0 Å². The summed E-state index contributed by atoms with van der Waals surface area (Å²) in [5.41, 5.74) is 1.98. The maximum atomic E-state index is 10.7. The highest BCUT2D eigenvalue weighted by atomic mass is 79.9. The van der Waals surface area contributed by atoms with Gasteiger partial charge in [0.2, 0.25) is 0 Å². The molecule has 6 heteroatoms. The van der Waals surface area contributed by atoms with Crippen molar-refractivity contribution in [3.05, 3.63) is 57.9 Å². The standard InChI is InChI=1S/C12H8BrN3O2/c13-6-9-1-3-10(4-2-9)15-8-12(16(17)18)5-11(15)7-14/h1-5,8H,6H2. The van der Waals surface area contributed by atoms with Crippen molar-refractivity contribution in [1.29, 1.82) is 5.26 Å². The van der Waals surface area contributed by atoms with E-state index in [4.69, 9.17) is 5.26 Å². The van der Waals surface area contributed by atoms with Crippen molar-refractivity contribution in [2.45, 2.75) is 5.33 Å². The van der Waals surface area contributed by atoms with Crippen LogP contribution < -0.4 is 0 Å². The quantitative estimate of drug-likeness (QED) is 0.497. The van der Waals surface area contributed by atoms with Gasteiger partial charge in [0.05, 0.1) is 17.2 Å². The van der Waals surface area contributed by atoms with Gasteiger partial charge in [-0.2, -0.15) is 5.26 Å². The van der Waals surface area contributed by atoms with Crippen LogP contribution >= 0.6 is 15.9 Å². The summed E-state index contributed by atoms with van der Waals surface area (Å²) >= 11 is 3.34. The minimum atomic E-state index is -0.510. The first-order valence-corrected chi connectivity index (χ1v) is 6.20. The Kier molecular flexibility index (Phi) is 3.44. The second-order valence-corrected chi connectivity index (χ2v) is 4.18. The van der Waals surface area contributed by atoms with Crippen LogP contribution in [0.5, 0.6) is 0 Å². The number of nitriles is 1. The highest BCUT2D eigenvalue weighted by molar-refractivity contribution is 9.08. The fraction of sp³-hybridized carbons (Fsp3) is 0.0833. The van der Waals surface area contributed by atoms with Gasteiger partial charge < -0.3 is 4.57 Å². The molecule has 2 rings (SSSR count). The van der Waals surface area contributed by atoms with Crippen molar-refractivity contribution in [2.75, 3.05) is 0 Å². The topological polar surface area (TPSA) is 71.9 Å². The molecule has 0 radical (unpaired) electrons. The molecular formula is C12H8BrN3O2. The van der Waals surface area contributed by atoms with Crippen LogP contribution in [0.1, 0.15) is 11.3 Å². The minimum Gasteiger partial charge on any atom is -0.301 e. The minimum absolute atomic E-state index is 0.0869. The molecule has 1 aromatic heterocycles. The number of halogens is 1. The fourth-order valence-corrected chi connectivity index (χ4v) is 1.97. The van der Waals surface area contributed by atoms with Crippen LogP contribution in [-0.4, -0.2) is 9.49 Å². The summed E-state index contributed by atoms with van der Waals surface area (Å²) in [5.74, 6) is 0. The van der Waals surface area contributed by atoms with Crippen molar-refractivity contribution in [3.8, 4) is 11.8 Å². The van der Waals surface area contributed by atoms with Gasteiger partial charge in [-0.1, -0.05) is 28.1 Å². The van der Waals surface area contributed by atoms with E-state index >= 15 is 0 Å². The van der Waals surface area contributed by atoms with Gasteiger partial charge in [-0.15, -0.1) is 0 Å². The number of hydrogen-bond acceptors (Lipinski definition) is 3. The van der Waals surface area contributed by atoms with Gasteiger partial charge in [0.1, 0.15) is 11.8 Å². The third-order valence-corrected chi connectivity index (χ3v) is 3.15. The number of rotatable bonds is 3. The predicted molar refractivity (Wildman–Crippen MR) is 69.8 cm³/mol. The van der Waals surface area contributed by atoms with Crippen molar-refractivity contribution < 1.29 is 4.92 Å². The van der Waals surface area contributed by atoms with Gasteiger partial charge in [-0.25, -0.2) is 0 Å². The molecule has 0 N–H and O–H groups in total. The molecule has 0 unspecified atom stereocenters. The summed E-state index contributed by atoms with van der Waals surface area (Å²) in [6.45, 7) is 0. The molecule has 0 saturated heterocycles. The monoisotopic (exact) mass is 305 g/mol. The maximum Gasteiger partial charge on any atom is 0.288 e. The van der Waals surface area contributed by atoms with Gasteiger partial charge in [-0.3, -0.25) is 10.1 Å². The van der Waals surface area contributed by atoms with Crippen LogP contribution in [0, 0.1) is 21.4 Å². The van der Waals surface area contributed by atoms with E-state index in [-0.39, 0.29) is 11.4 Å². The number of hydrogen-bond donors (Lipinski definition) is 0. The lowest BCUT2D eigenvalue weighted by molar-refractivity contribution is -0.384. The highest BCUT2D eigenvalue weighted by Crippen LogP contribution is 2.21. The molecule has 0 atom stereocenters. The van der Waals surface area contributed by atoms with E-state index in [0.717, 1.165) is 16.6 Å². The van der Waals surface area contributed by atoms with Gasteiger partial charge in [0.25, 0.3) is 5.69 Å². The Labute approximate surface area is 112 Å². The average Bonchev–Trinajstić information content (AvgIpc) is 2.83. The molecule has 18 heavy (non-hydrogen) atoms. The van der Waals surface area contributed by atoms with Crippen LogP contribution in [0.3, 0.4) is 0 Å². The lowest BCUT2D eigenvalue weighted by atomic mass is 10.2. The molecule has 0 saturated carbocycles. The van der Waals surface area contributed by atoms with Crippen LogP contribution in [0.15, 0.2) is 36.5 Å². The average molecular weight is 306 g/mol. The Morgan fingerprint density at radius 3 is 2.56 bits per heavy atom. The Hall–Kier alpha value is -2.13.